The van der Waals surface area contributed by atoms with Crippen molar-refractivity contribution in [2.45, 2.75) is 13.5 Å². The molecule has 0 atom stereocenters. The van der Waals surface area contributed by atoms with Crippen LogP contribution in [0.25, 0.3) is 0 Å². The number of rotatable bonds is 4. The summed E-state index contributed by atoms with van der Waals surface area (Å²) in [5, 5.41) is 18.3. The molecule has 0 saturated carbocycles. The number of aryl methyl sites for hydroxylation is 2. The molecule has 0 fully saturated rings. The van der Waals surface area contributed by atoms with E-state index in [1.54, 1.807) is 16.8 Å². The van der Waals surface area contributed by atoms with E-state index in [-0.39, 0.29) is 11.6 Å². The quantitative estimate of drug-likeness (QED) is 0.798. The van der Waals surface area contributed by atoms with Crippen LogP contribution in [0.1, 0.15) is 21.6 Å². The number of carboxylic acids is 1. The molecule has 0 aliphatic rings. The van der Waals surface area contributed by atoms with Crippen molar-refractivity contribution in [2.24, 2.45) is 7.05 Å². The summed E-state index contributed by atoms with van der Waals surface area (Å²) in [5.41, 5.74) is 2.50. The smallest absolute Gasteiger partial charge is 0.335 e. The molecular formula is C14H16N4O3. The van der Waals surface area contributed by atoms with Gasteiger partial charge in [0.15, 0.2) is 0 Å². The Morgan fingerprint density at radius 2 is 1.95 bits per heavy atom. The van der Waals surface area contributed by atoms with Crippen molar-refractivity contribution in [2.75, 3.05) is 5.32 Å². The van der Waals surface area contributed by atoms with Gasteiger partial charge in [-0.25, -0.2) is 9.59 Å². The van der Waals surface area contributed by atoms with Crippen LogP contribution in [0.4, 0.5) is 10.5 Å². The number of carbonyl (C=O) groups is 2. The number of carbonyl (C=O) groups excluding carboxylic acids is 1. The van der Waals surface area contributed by atoms with Gasteiger partial charge in [-0.1, -0.05) is 0 Å². The van der Waals surface area contributed by atoms with Crippen LogP contribution in [0.15, 0.2) is 30.5 Å². The van der Waals surface area contributed by atoms with E-state index in [4.69, 9.17) is 5.11 Å². The molecule has 0 radical (unpaired) electrons. The highest BCUT2D eigenvalue weighted by molar-refractivity contribution is 5.91. The molecule has 0 unspecified atom stereocenters. The monoisotopic (exact) mass is 288 g/mol. The van der Waals surface area contributed by atoms with Crippen molar-refractivity contribution in [1.82, 2.24) is 15.1 Å². The minimum Gasteiger partial charge on any atom is -0.478 e. The van der Waals surface area contributed by atoms with Crippen molar-refractivity contribution in [1.29, 1.82) is 0 Å². The van der Waals surface area contributed by atoms with E-state index in [2.05, 4.69) is 15.7 Å². The third kappa shape index (κ3) is 3.82. The van der Waals surface area contributed by atoms with Gasteiger partial charge in [-0.15, -0.1) is 0 Å². The number of benzene rings is 1. The van der Waals surface area contributed by atoms with Crippen LogP contribution in [-0.2, 0) is 13.6 Å². The van der Waals surface area contributed by atoms with Crippen LogP contribution in [0, 0.1) is 6.92 Å². The standard InChI is InChI=1S/C14H16N4O3/c1-9-11(8-18(2)17-9)7-15-14(21)16-12-5-3-10(4-6-12)13(19)20/h3-6,8H,7H2,1-2H3,(H,19,20)(H2,15,16,21). The molecule has 2 rings (SSSR count). The first kappa shape index (κ1) is 14.6. The molecule has 2 aromatic rings. The molecule has 0 spiro atoms. The fraction of sp³-hybridized carbons (Fsp3) is 0.214. The molecule has 1 aromatic heterocycles. The topological polar surface area (TPSA) is 96.3 Å². The Labute approximate surface area is 121 Å². The Bertz CT molecular complexity index is 661. The van der Waals surface area contributed by atoms with Gasteiger partial charge in [0.1, 0.15) is 0 Å². The third-order valence-electron chi connectivity index (χ3n) is 2.94. The maximum absolute atomic E-state index is 11.8. The lowest BCUT2D eigenvalue weighted by atomic mass is 10.2. The van der Waals surface area contributed by atoms with Crippen LogP contribution < -0.4 is 10.6 Å². The van der Waals surface area contributed by atoms with E-state index in [1.165, 1.54) is 12.1 Å². The normalized spacial score (nSPS) is 10.2. The Balaban J connectivity index is 1.89. The first-order valence-electron chi connectivity index (χ1n) is 6.33. The molecule has 0 aliphatic carbocycles. The summed E-state index contributed by atoms with van der Waals surface area (Å²) in [6.45, 7) is 2.25. The summed E-state index contributed by atoms with van der Waals surface area (Å²) in [6, 6.07) is 5.59. The summed E-state index contributed by atoms with van der Waals surface area (Å²) >= 11 is 0. The Morgan fingerprint density at radius 1 is 1.29 bits per heavy atom. The number of hydrogen-bond donors (Lipinski definition) is 3. The number of aromatic carboxylic acids is 1. The zero-order chi connectivity index (χ0) is 15.4. The van der Waals surface area contributed by atoms with Crippen LogP contribution in [-0.4, -0.2) is 26.9 Å². The van der Waals surface area contributed by atoms with Gasteiger partial charge in [0, 0.05) is 31.0 Å². The molecule has 2 amide bonds. The third-order valence-corrected chi connectivity index (χ3v) is 2.94. The largest absolute Gasteiger partial charge is 0.478 e. The first-order chi connectivity index (χ1) is 9.95. The molecule has 110 valence electrons. The van der Waals surface area contributed by atoms with E-state index in [9.17, 15) is 9.59 Å². The summed E-state index contributed by atoms with van der Waals surface area (Å²) in [6.07, 6.45) is 1.84. The van der Waals surface area contributed by atoms with E-state index in [0.717, 1.165) is 11.3 Å². The van der Waals surface area contributed by atoms with Crippen molar-refractivity contribution in [3.8, 4) is 0 Å². The summed E-state index contributed by atoms with van der Waals surface area (Å²) in [5.74, 6) is -1.00. The van der Waals surface area contributed by atoms with Crippen molar-refractivity contribution < 1.29 is 14.7 Å². The van der Waals surface area contributed by atoms with E-state index in [0.29, 0.717) is 12.2 Å². The van der Waals surface area contributed by atoms with Gasteiger partial charge in [0.2, 0.25) is 0 Å². The highest BCUT2D eigenvalue weighted by Gasteiger charge is 2.07. The zero-order valence-corrected chi connectivity index (χ0v) is 11.8. The molecule has 21 heavy (non-hydrogen) atoms. The van der Waals surface area contributed by atoms with E-state index in [1.807, 2.05) is 20.2 Å². The Morgan fingerprint density at radius 3 is 2.48 bits per heavy atom. The lowest BCUT2D eigenvalue weighted by Gasteiger charge is -2.07. The number of nitrogens with zero attached hydrogens (tertiary/aromatic N) is 2. The highest BCUT2D eigenvalue weighted by Crippen LogP contribution is 2.09. The van der Waals surface area contributed by atoms with Crippen LogP contribution >= 0.6 is 0 Å². The van der Waals surface area contributed by atoms with Crippen molar-refractivity contribution in [3.63, 3.8) is 0 Å². The second-order valence-electron chi connectivity index (χ2n) is 4.60. The van der Waals surface area contributed by atoms with E-state index < -0.39 is 5.97 Å². The summed E-state index contributed by atoms with van der Waals surface area (Å²) < 4.78 is 1.69. The molecule has 0 bridgehead atoms. The van der Waals surface area contributed by atoms with E-state index >= 15 is 0 Å². The van der Waals surface area contributed by atoms with Gasteiger partial charge in [0.25, 0.3) is 0 Å². The number of anilines is 1. The lowest BCUT2D eigenvalue weighted by molar-refractivity contribution is 0.0697. The molecule has 1 heterocycles. The predicted octanol–water partition coefficient (Wildman–Crippen LogP) is 1.75. The molecular weight excluding hydrogens is 272 g/mol. The number of nitrogens with one attached hydrogen (secondary N) is 2. The molecule has 1 aromatic carbocycles. The van der Waals surface area contributed by atoms with Gasteiger partial charge in [-0.05, 0) is 31.2 Å². The minimum atomic E-state index is -1.00. The van der Waals surface area contributed by atoms with Gasteiger partial charge in [-0.3, -0.25) is 4.68 Å². The maximum atomic E-state index is 11.8. The second kappa shape index (κ2) is 6.08. The summed E-state index contributed by atoms with van der Waals surface area (Å²) in [4.78, 5) is 22.5. The number of amides is 2. The number of carboxylic acid groups (broad SMARTS) is 1. The average Bonchev–Trinajstić information content (AvgIpc) is 2.75. The van der Waals surface area contributed by atoms with Crippen LogP contribution in [0.3, 0.4) is 0 Å². The zero-order valence-electron chi connectivity index (χ0n) is 11.8. The van der Waals surface area contributed by atoms with Gasteiger partial charge < -0.3 is 15.7 Å². The van der Waals surface area contributed by atoms with Gasteiger partial charge >= 0.3 is 12.0 Å². The van der Waals surface area contributed by atoms with Crippen LogP contribution in [0.5, 0.6) is 0 Å². The fourth-order valence-electron chi connectivity index (χ4n) is 1.87. The Hall–Kier alpha value is -2.83. The van der Waals surface area contributed by atoms with Crippen LogP contribution in [0.2, 0.25) is 0 Å². The number of hydrogen-bond acceptors (Lipinski definition) is 3. The maximum Gasteiger partial charge on any atom is 0.335 e. The molecule has 7 nitrogen and oxygen atoms in total. The molecule has 0 aliphatic heterocycles. The fourth-order valence-corrected chi connectivity index (χ4v) is 1.87. The number of urea groups is 1. The molecule has 3 N–H and O–H groups in total. The first-order valence-corrected chi connectivity index (χ1v) is 6.33. The van der Waals surface area contributed by atoms with Gasteiger partial charge in [-0.2, -0.15) is 5.10 Å². The van der Waals surface area contributed by atoms with Gasteiger partial charge in [0.05, 0.1) is 11.3 Å². The Kier molecular flexibility index (Phi) is 4.22. The second-order valence-corrected chi connectivity index (χ2v) is 4.60. The average molecular weight is 288 g/mol. The molecule has 0 saturated heterocycles. The lowest BCUT2D eigenvalue weighted by Crippen LogP contribution is -2.28. The molecule has 7 heteroatoms. The predicted molar refractivity (Wildman–Crippen MR) is 77.2 cm³/mol. The number of aromatic nitrogens is 2. The van der Waals surface area contributed by atoms with Crippen molar-refractivity contribution in [3.05, 3.63) is 47.3 Å². The SMILES string of the molecule is Cc1nn(C)cc1CNC(=O)Nc1ccc(C(=O)O)cc1. The minimum absolute atomic E-state index is 0.173. The van der Waals surface area contributed by atoms with Crippen molar-refractivity contribution >= 4 is 17.7 Å². The highest BCUT2D eigenvalue weighted by atomic mass is 16.4. The summed E-state index contributed by atoms with van der Waals surface area (Å²) in [7, 11) is 1.82.